The maximum Gasteiger partial charge on any atom is 0.261 e. The Morgan fingerprint density at radius 2 is 1.52 bits per heavy atom. The van der Waals surface area contributed by atoms with Gasteiger partial charge < -0.3 is 5.32 Å². The highest BCUT2D eigenvalue weighted by Crippen LogP contribution is 2.17. The minimum absolute atomic E-state index is 0.189. The van der Waals surface area contributed by atoms with Crippen molar-refractivity contribution in [1.29, 1.82) is 0 Å². The summed E-state index contributed by atoms with van der Waals surface area (Å²) in [6.45, 7) is 3.69. The van der Waals surface area contributed by atoms with Crippen LogP contribution in [0.3, 0.4) is 0 Å². The highest BCUT2D eigenvalue weighted by atomic mass is 32.2. The Hall–Kier alpha value is -3.16. The molecule has 2 N–H and O–H groups in total. The van der Waals surface area contributed by atoms with E-state index in [2.05, 4.69) is 27.1 Å². The molecule has 1 fully saturated rings. The third-order valence-electron chi connectivity index (χ3n) is 5.75. The molecule has 7 heteroatoms. The highest BCUT2D eigenvalue weighted by Gasteiger charge is 2.14. The van der Waals surface area contributed by atoms with E-state index in [0.717, 1.165) is 25.2 Å². The van der Waals surface area contributed by atoms with E-state index in [1.807, 2.05) is 12.1 Å². The second-order valence-electron chi connectivity index (χ2n) is 8.34. The number of carbonyl (C=O) groups excluding carboxylic acids is 1. The fourth-order valence-electron chi connectivity index (χ4n) is 4.00. The van der Waals surface area contributed by atoms with Crippen molar-refractivity contribution in [3.8, 4) is 0 Å². The number of piperidine rings is 1. The Morgan fingerprint density at radius 3 is 2.24 bits per heavy atom. The van der Waals surface area contributed by atoms with Crippen molar-refractivity contribution in [2.24, 2.45) is 0 Å². The van der Waals surface area contributed by atoms with Gasteiger partial charge in [0.2, 0.25) is 0 Å². The number of nitrogens with one attached hydrogen (secondary N) is 2. The lowest BCUT2D eigenvalue weighted by molar-refractivity contribution is 0.0951. The zero-order valence-electron chi connectivity index (χ0n) is 18.5. The molecule has 0 aromatic heterocycles. The standard InChI is InChI=1S/C26H29N3O3S/c30-26(27-19-21-8-7-9-22(18-21)20-29-16-5-2-6-17-29)23-12-14-24(15-13-23)28-33(31,32)25-10-3-1-4-11-25/h1,3-4,7-15,18,28H,2,5-6,16-17,19-20H2,(H,27,30). The Bertz CT molecular complexity index is 1170. The van der Waals surface area contributed by atoms with Gasteiger partial charge in [-0.1, -0.05) is 48.9 Å². The number of rotatable bonds is 8. The van der Waals surface area contributed by atoms with Crippen LogP contribution in [0, 0.1) is 0 Å². The molecule has 3 aromatic carbocycles. The summed E-state index contributed by atoms with van der Waals surface area (Å²) in [6.07, 6.45) is 3.85. The summed E-state index contributed by atoms with van der Waals surface area (Å²) >= 11 is 0. The van der Waals surface area contributed by atoms with Gasteiger partial charge in [0.15, 0.2) is 0 Å². The molecule has 1 heterocycles. The summed E-state index contributed by atoms with van der Waals surface area (Å²) in [6, 6.07) is 22.9. The minimum Gasteiger partial charge on any atom is -0.348 e. The van der Waals surface area contributed by atoms with E-state index in [9.17, 15) is 13.2 Å². The first-order chi connectivity index (χ1) is 16.0. The van der Waals surface area contributed by atoms with Gasteiger partial charge in [-0.25, -0.2) is 8.42 Å². The summed E-state index contributed by atoms with van der Waals surface area (Å²) in [5.41, 5.74) is 3.20. The number of hydrogen-bond donors (Lipinski definition) is 2. The number of likely N-dealkylation sites (tertiary alicyclic amines) is 1. The molecule has 1 amide bonds. The monoisotopic (exact) mass is 463 g/mol. The van der Waals surface area contributed by atoms with Gasteiger partial charge >= 0.3 is 0 Å². The molecule has 0 aliphatic carbocycles. The van der Waals surface area contributed by atoms with Crippen molar-refractivity contribution in [2.45, 2.75) is 37.2 Å². The number of anilines is 1. The molecule has 1 saturated heterocycles. The van der Waals surface area contributed by atoms with Crippen LogP contribution in [0.1, 0.15) is 40.7 Å². The molecule has 0 saturated carbocycles. The van der Waals surface area contributed by atoms with E-state index in [1.165, 1.54) is 37.0 Å². The quantitative estimate of drug-likeness (QED) is 0.519. The fraction of sp³-hybridized carbons (Fsp3) is 0.269. The number of sulfonamides is 1. The average Bonchev–Trinajstić information content (AvgIpc) is 2.84. The lowest BCUT2D eigenvalue weighted by Gasteiger charge is -2.26. The first-order valence-electron chi connectivity index (χ1n) is 11.3. The zero-order valence-corrected chi connectivity index (χ0v) is 19.4. The van der Waals surface area contributed by atoms with Gasteiger partial charge in [-0.2, -0.15) is 0 Å². The molecule has 4 rings (SSSR count). The molecule has 3 aromatic rings. The topological polar surface area (TPSA) is 78.5 Å². The van der Waals surface area contributed by atoms with Crippen LogP contribution in [-0.4, -0.2) is 32.3 Å². The van der Waals surface area contributed by atoms with Crippen molar-refractivity contribution in [3.05, 3.63) is 95.6 Å². The van der Waals surface area contributed by atoms with E-state index in [4.69, 9.17) is 0 Å². The van der Waals surface area contributed by atoms with Gasteiger partial charge in [0.1, 0.15) is 0 Å². The van der Waals surface area contributed by atoms with Crippen LogP contribution in [-0.2, 0) is 23.1 Å². The average molecular weight is 464 g/mol. The van der Waals surface area contributed by atoms with Gasteiger partial charge in [0, 0.05) is 24.3 Å². The number of hydrogen-bond acceptors (Lipinski definition) is 4. The number of carbonyl (C=O) groups is 1. The molecule has 1 aliphatic heterocycles. The predicted molar refractivity (Wildman–Crippen MR) is 130 cm³/mol. The summed E-state index contributed by atoms with van der Waals surface area (Å²) in [7, 11) is -3.66. The summed E-state index contributed by atoms with van der Waals surface area (Å²) < 4.78 is 27.4. The van der Waals surface area contributed by atoms with Crippen LogP contribution in [0.25, 0.3) is 0 Å². The van der Waals surface area contributed by atoms with Gasteiger partial charge in [-0.15, -0.1) is 0 Å². The molecule has 0 bridgehead atoms. The van der Waals surface area contributed by atoms with E-state index >= 15 is 0 Å². The van der Waals surface area contributed by atoms with Crippen molar-refractivity contribution in [3.63, 3.8) is 0 Å². The highest BCUT2D eigenvalue weighted by molar-refractivity contribution is 7.92. The number of nitrogens with zero attached hydrogens (tertiary/aromatic N) is 1. The SMILES string of the molecule is O=C(NCc1cccc(CN2CCCCC2)c1)c1ccc(NS(=O)(=O)c2ccccc2)cc1. The Morgan fingerprint density at radius 1 is 0.818 bits per heavy atom. The number of benzene rings is 3. The summed E-state index contributed by atoms with van der Waals surface area (Å²) in [5.74, 6) is -0.200. The summed E-state index contributed by atoms with van der Waals surface area (Å²) in [5, 5.41) is 2.95. The molecule has 0 radical (unpaired) electrons. The van der Waals surface area contributed by atoms with E-state index < -0.39 is 10.0 Å². The van der Waals surface area contributed by atoms with Gasteiger partial charge in [-0.3, -0.25) is 14.4 Å². The Balaban J connectivity index is 1.32. The largest absolute Gasteiger partial charge is 0.348 e. The lowest BCUT2D eigenvalue weighted by atomic mass is 10.1. The van der Waals surface area contributed by atoms with Crippen LogP contribution < -0.4 is 10.0 Å². The number of amides is 1. The van der Waals surface area contributed by atoms with Gasteiger partial charge in [0.05, 0.1) is 4.90 Å². The van der Waals surface area contributed by atoms with Crippen molar-refractivity contribution >= 4 is 21.6 Å². The summed E-state index contributed by atoms with van der Waals surface area (Å²) in [4.78, 5) is 15.2. The molecule has 0 atom stereocenters. The van der Waals surface area contributed by atoms with Gasteiger partial charge in [-0.05, 0) is 73.5 Å². The fourth-order valence-corrected chi connectivity index (χ4v) is 5.08. The molecule has 172 valence electrons. The second kappa shape index (κ2) is 10.6. The van der Waals surface area contributed by atoms with Crippen molar-refractivity contribution in [2.75, 3.05) is 17.8 Å². The first kappa shape index (κ1) is 23.0. The van der Waals surface area contributed by atoms with Crippen molar-refractivity contribution in [1.82, 2.24) is 10.2 Å². The van der Waals surface area contributed by atoms with Crippen LogP contribution in [0.2, 0.25) is 0 Å². The molecule has 1 aliphatic rings. The van der Waals surface area contributed by atoms with Crippen molar-refractivity contribution < 1.29 is 13.2 Å². The normalized spacial score (nSPS) is 14.5. The first-order valence-corrected chi connectivity index (χ1v) is 12.7. The molecule has 0 unspecified atom stereocenters. The zero-order chi connectivity index (χ0) is 23.1. The van der Waals surface area contributed by atoms with E-state index in [0.29, 0.717) is 17.8 Å². The molecular formula is C26H29N3O3S. The van der Waals surface area contributed by atoms with Crippen LogP contribution >= 0.6 is 0 Å². The Kier molecular flexibility index (Phi) is 7.42. The predicted octanol–water partition coefficient (Wildman–Crippen LogP) is 4.40. The smallest absolute Gasteiger partial charge is 0.261 e. The van der Waals surface area contributed by atoms with E-state index in [1.54, 1.807) is 42.5 Å². The maximum absolute atomic E-state index is 12.6. The lowest BCUT2D eigenvalue weighted by Crippen LogP contribution is -2.29. The Labute approximate surface area is 195 Å². The molecule has 33 heavy (non-hydrogen) atoms. The third kappa shape index (κ3) is 6.43. The maximum atomic E-state index is 12.6. The van der Waals surface area contributed by atoms with Crippen LogP contribution in [0.4, 0.5) is 5.69 Å². The minimum atomic E-state index is -3.66. The second-order valence-corrected chi connectivity index (χ2v) is 10.0. The molecular weight excluding hydrogens is 434 g/mol. The van der Waals surface area contributed by atoms with E-state index in [-0.39, 0.29) is 10.8 Å². The van der Waals surface area contributed by atoms with Crippen LogP contribution in [0.15, 0.2) is 83.8 Å². The van der Waals surface area contributed by atoms with Crippen LogP contribution in [0.5, 0.6) is 0 Å². The molecule has 6 nitrogen and oxygen atoms in total. The van der Waals surface area contributed by atoms with Gasteiger partial charge in [0.25, 0.3) is 15.9 Å². The third-order valence-corrected chi connectivity index (χ3v) is 7.15. The molecule has 0 spiro atoms.